The monoisotopic (exact) mass is 325 g/mol. The number of anilines is 2. The van der Waals surface area contributed by atoms with E-state index in [2.05, 4.69) is 10.3 Å². The SMILES string of the molecule is NCCCNc1ccc([N+](=O)[O-])c(N)n1.O=C(O)C(F)(F)F. The third-order valence-corrected chi connectivity index (χ3v) is 2.03. The van der Waals surface area contributed by atoms with Crippen LogP contribution >= 0.6 is 0 Å². The lowest BCUT2D eigenvalue weighted by atomic mass is 10.3. The van der Waals surface area contributed by atoms with Gasteiger partial charge in [0.1, 0.15) is 5.82 Å². The summed E-state index contributed by atoms with van der Waals surface area (Å²) in [7, 11) is 0. The van der Waals surface area contributed by atoms with Gasteiger partial charge in [0.2, 0.25) is 5.82 Å². The van der Waals surface area contributed by atoms with Crippen molar-refractivity contribution in [3.8, 4) is 0 Å². The molecule has 9 nitrogen and oxygen atoms in total. The summed E-state index contributed by atoms with van der Waals surface area (Å²) in [5, 5.41) is 20.5. The molecular formula is C10H14F3N5O4. The van der Waals surface area contributed by atoms with E-state index in [0.29, 0.717) is 18.9 Å². The fourth-order valence-electron chi connectivity index (χ4n) is 1.04. The van der Waals surface area contributed by atoms with E-state index in [1.807, 2.05) is 0 Å². The van der Waals surface area contributed by atoms with Crippen molar-refractivity contribution < 1.29 is 28.0 Å². The van der Waals surface area contributed by atoms with Gasteiger partial charge in [0, 0.05) is 12.6 Å². The predicted octanol–water partition coefficient (Wildman–Crippen LogP) is 0.966. The molecule has 0 aromatic carbocycles. The number of alkyl halides is 3. The van der Waals surface area contributed by atoms with Crippen LogP contribution in [0.3, 0.4) is 0 Å². The van der Waals surface area contributed by atoms with E-state index < -0.39 is 17.1 Å². The molecule has 0 aliphatic heterocycles. The highest BCUT2D eigenvalue weighted by atomic mass is 19.4. The van der Waals surface area contributed by atoms with Crippen LogP contribution in [0.15, 0.2) is 12.1 Å². The summed E-state index contributed by atoms with van der Waals surface area (Å²) < 4.78 is 31.7. The van der Waals surface area contributed by atoms with Gasteiger partial charge in [0.25, 0.3) is 0 Å². The first-order chi connectivity index (χ1) is 10.1. The van der Waals surface area contributed by atoms with Crippen LogP contribution in [-0.4, -0.2) is 40.2 Å². The fourth-order valence-corrected chi connectivity index (χ4v) is 1.04. The van der Waals surface area contributed by atoms with Crippen LogP contribution in [0.1, 0.15) is 6.42 Å². The summed E-state index contributed by atoms with van der Waals surface area (Å²) in [6, 6.07) is 2.85. The number of carboxylic acids is 1. The highest BCUT2D eigenvalue weighted by Gasteiger charge is 2.38. The van der Waals surface area contributed by atoms with E-state index in [1.54, 1.807) is 0 Å². The third kappa shape index (κ3) is 7.23. The number of nitrogen functional groups attached to an aromatic ring is 1. The molecule has 1 heterocycles. The van der Waals surface area contributed by atoms with Crippen LogP contribution in [0, 0.1) is 10.1 Å². The summed E-state index contributed by atoms with van der Waals surface area (Å²) in [5.41, 5.74) is 10.5. The Kier molecular flexibility index (Phi) is 7.58. The molecule has 6 N–H and O–H groups in total. The lowest BCUT2D eigenvalue weighted by Gasteiger charge is -2.04. The molecule has 0 radical (unpaired) electrons. The van der Waals surface area contributed by atoms with Crippen LogP contribution in [0.4, 0.5) is 30.5 Å². The summed E-state index contributed by atoms with van der Waals surface area (Å²) in [6.07, 6.45) is -4.28. The lowest BCUT2D eigenvalue weighted by Crippen LogP contribution is -2.21. The molecule has 1 aromatic rings. The van der Waals surface area contributed by atoms with Crippen LogP contribution in [0.25, 0.3) is 0 Å². The highest BCUT2D eigenvalue weighted by Crippen LogP contribution is 2.20. The zero-order chi connectivity index (χ0) is 17.3. The number of rotatable bonds is 5. The molecule has 0 aliphatic rings. The predicted molar refractivity (Wildman–Crippen MR) is 71.2 cm³/mol. The Labute approximate surface area is 122 Å². The van der Waals surface area contributed by atoms with E-state index >= 15 is 0 Å². The minimum absolute atomic E-state index is 0.0854. The molecule has 0 unspecified atom stereocenters. The number of carbonyl (C=O) groups is 1. The zero-order valence-corrected chi connectivity index (χ0v) is 11.1. The third-order valence-electron chi connectivity index (χ3n) is 2.03. The molecule has 0 spiro atoms. The molecule has 0 amide bonds. The topological polar surface area (TPSA) is 157 Å². The van der Waals surface area contributed by atoms with Crippen molar-refractivity contribution in [2.45, 2.75) is 12.6 Å². The number of aromatic nitrogens is 1. The van der Waals surface area contributed by atoms with E-state index in [-0.39, 0.29) is 11.5 Å². The average Bonchev–Trinajstić information content (AvgIpc) is 2.38. The Morgan fingerprint density at radius 2 is 2.00 bits per heavy atom. The van der Waals surface area contributed by atoms with Crippen molar-refractivity contribution in [2.24, 2.45) is 5.73 Å². The van der Waals surface area contributed by atoms with Crippen LogP contribution < -0.4 is 16.8 Å². The number of pyridine rings is 1. The zero-order valence-electron chi connectivity index (χ0n) is 11.1. The second-order valence-electron chi connectivity index (χ2n) is 3.73. The van der Waals surface area contributed by atoms with Gasteiger partial charge < -0.3 is 21.9 Å². The van der Waals surface area contributed by atoms with Crippen molar-refractivity contribution in [3.63, 3.8) is 0 Å². The van der Waals surface area contributed by atoms with Crippen LogP contribution in [0.2, 0.25) is 0 Å². The minimum Gasteiger partial charge on any atom is -0.475 e. The second kappa shape index (κ2) is 8.61. The number of carboxylic acid groups (broad SMARTS) is 1. The van der Waals surface area contributed by atoms with Crippen LogP contribution in [0.5, 0.6) is 0 Å². The summed E-state index contributed by atoms with van der Waals surface area (Å²) in [4.78, 5) is 22.6. The molecule has 0 bridgehead atoms. The van der Waals surface area contributed by atoms with Crippen molar-refractivity contribution >= 4 is 23.3 Å². The lowest BCUT2D eigenvalue weighted by molar-refractivity contribution is -0.384. The number of nitrogens with one attached hydrogen (secondary N) is 1. The molecular weight excluding hydrogens is 311 g/mol. The first-order valence-electron chi connectivity index (χ1n) is 5.74. The quantitative estimate of drug-likeness (QED) is 0.354. The number of nitro groups is 1. The van der Waals surface area contributed by atoms with Gasteiger partial charge in [-0.1, -0.05) is 0 Å². The molecule has 0 saturated carbocycles. The Morgan fingerprint density at radius 1 is 1.45 bits per heavy atom. The number of hydrogen-bond acceptors (Lipinski definition) is 7. The molecule has 0 saturated heterocycles. The summed E-state index contributed by atoms with van der Waals surface area (Å²) in [5.74, 6) is -2.32. The van der Waals surface area contributed by atoms with Crippen molar-refractivity contribution in [1.82, 2.24) is 4.98 Å². The van der Waals surface area contributed by atoms with Gasteiger partial charge in [-0.3, -0.25) is 10.1 Å². The van der Waals surface area contributed by atoms with Crippen LogP contribution in [-0.2, 0) is 4.79 Å². The van der Waals surface area contributed by atoms with E-state index in [9.17, 15) is 23.3 Å². The number of aliphatic carboxylic acids is 1. The largest absolute Gasteiger partial charge is 0.490 e. The number of nitrogens with two attached hydrogens (primary N) is 2. The van der Waals surface area contributed by atoms with Gasteiger partial charge in [0.05, 0.1) is 4.92 Å². The summed E-state index contributed by atoms with van der Waals surface area (Å²) in [6.45, 7) is 1.25. The van der Waals surface area contributed by atoms with E-state index in [1.165, 1.54) is 12.1 Å². The van der Waals surface area contributed by atoms with Gasteiger partial charge in [-0.2, -0.15) is 13.2 Å². The molecule has 1 aromatic heterocycles. The first kappa shape index (κ1) is 19.4. The maximum Gasteiger partial charge on any atom is 0.490 e. The molecule has 22 heavy (non-hydrogen) atoms. The number of hydrogen-bond donors (Lipinski definition) is 4. The Morgan fingerprint density at radius 3 is 2.36 bits per heavy atom. The van der Waals surface area contributed by atoms with Gasteiger partial charge in [-0.25, -0.2) is 9.78 Å². The number of halogens is 3. The highest BCUT2D eigenvalue weighted by molar-refractivity contribution is 5.73. The fraction of sp³-hybridized carbons (Fsp3) is 0.400. The average molecular weight is 325 g/mol. The second-order valence-corrected chi connectivity index (χ2v) is 3.73. The van der Waals surface area contributed by atoms with Gasteiger partial charge in [0.15, 0.2) is 0 Å². The molecule has 1 rings (SSSR count). The summed E-state index contributed by atoms with van der Waals surface area (Å²) >= 11 is 0. The van der Waals surface area contributed by atoms with Gasteiger partial charge >= 0.3 is 17.8 Å². The Hall–Kier alpha value is -2.63. The normalized spacial score (nSPS) is 10.4. The van der Waals surface area contributed by atoms with Crippen molar-refractivity contribution in [2.75, 3.05) is 24.1 Å². The smallest absolute Gasteiger partial charge is 0.475 e. The van der Waals surface area contributed by atoms with E-state index in [4.69, 9.17) is 21.4 Å². The van der Waals surface area contributed by atoms with Gasteiger partial charge in [-0.15, -0.1) is 0 Å². The van der Waals surface area contributed by atoms with Gasteiger partial charge in [-0.05, 0) is 19.0 Å². The Bertz CT molecular complexity index is 524. The Balaban J connectivity index is 0.000000534. The van der Waals surface area contributed by atoms with E-state index in [0.717, 1.165) is 6.42 Å². The first-order valence-corrected chi connectivity index (χ1v) is 5.74. The van der Waals surface area contributed by atoms with Crippen molar-refractivity contribution in [3.05, 3.63) is 22.2 Å². The molecule has 0 fully saturated rings. The molecule has 124 valence electrons. The van der Waals surface area contributed by atoms with Crippen molar-refractivity contribution in [1.29, 1.82) is 0 Å². The maximum absolute atomic E-state index is 10.6. The molecule has 12 heteroatoms. The molecule has 0 aliphatic carbocycles. The minimum atomic E-state index is -5.08. The molecule has 0 atom stereocenters. The standard InChI is InChI=1S/C8H13N5O2.C2HF3O2/c9-4-1-5-11-7-3-2-6(13(14)15)8(10)12-7;3-2(4,5)1(6)7/h2-3H,1,4-5,9H2,(H3,10,11,12);(H,6,7). The number of nitrogens with zero attached hydrogens (tertiary/aromatic N) is 2. The maximum atomic E-state index is 10.6.